The molecule has 4 aromatic carbocycles. The van der Waals surface area contributed by atoms with Crippen LogP contribution >= 0.6 is 0 Å². The van der Waals surface area contributed by atoms with Crippen molar-refractivity contribution in [2.24, 2.45) is 5.73 Å². The summed E-state index contributed by atoms with van der Waals surface area (Å²) in [5.74, 6) is 1.76. The Balaban J connectivity index is 0.000000218. The van der Waals surface area contributed by atoms with Gasteiger partial charge in [-0.1, -0.05) is 0 Å². The van der Waals surface area contributed by atoms with Crippen molar-refractivity contribution in [3.8, 4) is 46.0 Å². The van der Waals surface area contributed by atoms with E-state index in [2.05, 4.69) is 5.32 Å². The van der Waals surface area contributed by atoms with Gasteiger partial charge in [-0.2, -0.15) is 0 Å². The lowest BCUT2D eigenvalue weighted by molar-refractivity contribution is -0.136. The van der Waals surface area contributed by atoms with Crippen LogP contribution in [0.1, 0.15) is 21.5 Å². The van der Waals surface area contributed by atoms with Crippen molar-refractivity contribution in [3.05, 3.63) is 110 Å². The Hall–Kier alpha value is -7.89. The van der Waals surface area contributed by atoms with Crippen LogP contribution in [-0.2, 0) is 22.4 Å². The molecule has 18 heteroatoms. The minimum Gasteiger partial charge on any atom is -0.497 e. The van der Waals surface area contributed by atoms with Crippen molar-refractivity contribution in [1.82, 2.24) is 0 Å². The molecular weight excluding hydrogens is 800 g/mol. The number of fused-ring (bicyclic) bond motifs is 2. The highest BCUT2D eigenvalue weighted by Gasteiger charge is 2.17. The third kappa shape index (κ3) is 11.6. The number of nitrogens with one attached hydrogen (secondary N) is 1. The van der Waals surface area contributed by atoms with Crippen molar-refractivity contribution < 1.29 is 66.2 Å². The number of carbonyl (C=O) groups excluding carboxylic acids is 2. The molecule has 6 aromatic rings. The predicted octanol–water partition coefficient (Wildman–Crippen LogP) is 5.25. The number of benzene rings is 4. The predicted molar refractivity (Wildman–Crippen MR) is 222 cm³/mol. The number of aliphatic carboxylic acids is 1. The van der Waals surface area contributed by atoms with Gasteiger partial charge in [-0.3, -0.25) is 14.4 Å². The summed E-state index contributed by atoms with van der Waals surface area (Å²) in [5, 5.41) is 12.8. The zero-order chi connectivity index (χ0) is 44.8. The summed E-state index contributed by atoms with van der Waals surface area (Å²) >= 11 is 0. The van der Waals surface area contributed by atoms with Crippen LogP contribution in [0.3, 0.4) is 0 Å². The number of rotatable bonds is 14. The molecule has 0 saturated heterocycles. The lowest BCUT2D eigenvalue weighted by atomic mass is 10.1. The molecule has 0 bridgehead atoms. The van der Waals surface area contributed by atoms with E-state index in [1.807, 2.05) is 0 Å². The maximum absolute atomic E-state index is 12.6. The molecule has 322 valence electrons. The smallest absolute Gasteiger partial charge is 0.336 e. The number of nitrogens with two attached hydrogens (primary N) is 1. The minimum absolute atomic E-state index is 0.0227. The number of carboxylic acids is 1. The molecule has 0 aliphatic rings. The lowest BCUT2D eigenvalue weighted by Crippen LogP contribution is -2.16. The van der Waals surface area contributed by atoms with Crippen LogP contribution in [0.2, 0.25) is 0 Å². The highest BCUT2D eigenvalue weighted by molar-refractivity contribution is 5.96. The Labute approximate surface area is 348 Å². The Morgan fingerprint density at radius 2 is 0.967 bits per heavy atom. The molecule has 0 radical (unpaired) electrons. The summed E-state index contributed by atoms with van der Waals surface area (Å²) in [4.78, 5) is 57.5. The second-order valence-corrected chi connectivity index (χ2v) is 12.4. The number of methoxy groups -OCH3 is 8. The van der Waals surface area contributed by atoms with E-state index in [-0.39, 0.29) is 18.7 Å². The van der Waals surface area contributed by atoms with Crippen LogP contribution in [0.15, 0.2) is 91.2 Å². The molecule has 2 amide bonds. The number of primary amides is 1. The van der Waals surface area contributed by atoms with Crippen LogP contribution in [0.4, 0.5) is 5.69 Å². The molecule has 4 N–H and O–H groups in total. The second kappa shape index (κ2) is 21.2. The zero-order valence-electron chi connectivity index (χ0n) is 34.5. The van der Waals surface area contributed by atoms with E-state index in [9.17, 15) is 24.0 Å². The second-order valence-electron chi connectivity index (χ2n) is 12.4. The van der Waals surface area contributed by atoms with Crippen molar-refractivity contribution in [1.29, 1.82) is 0 Å². The van der Waals surface area contributed by atoms with Gasteiger partial charge in [-0.15, -0.1) is 0 Å². The zero-order valence-corrected chi connectivity index (χ0v) is 34.5. The molecule has 18 nitrogen and oxygen atoms in total. The Bertz CT molecular complexity index is 2600. The summed E-state index contributed by atoms with van der Waals surface area (Å²) in [6.07, 6.45) is -0.237. The van der Waals surface area contributed by atoms with Crippen molar-refractivity contribution in [3.63, 3.8) is 0 Å². The first-order valence-corrected chi connectivity index (χ1v) is 17.9. The fraction of sp³-hybridized carbons (Fsp3) is 0.233. The summed E-state index contributed by atoms with van der Waals surface area (Å²) in [5.41, 5.74) is 6.50. The number of ether oxygens (including phenoxy) is 8. The number of carbonyl (C=O) groups is 3. The number of carboxylic acid groups (broad SMARTS) is 1. The van der Waals surface area contributed by atoms with Crippen LogP contribution < -0.4 is 60.2 Å². The third-order valence-electron chi connectivity index (χ3n) is 8.67. The molecule has 2 heterocycles. The molecule has 0 saturated carbocycles. The number of anilines is 1. The van der Waals surface area contributed by atoms with E-state index < -0.39 is 23.1 Å². The van der Waals surface area contributed by atoms with Crippen LogP contribution in [0, 0.1) is 0 Å². The van der Waals surface area contributed by atoms with Gasteiger partial charge in [0.25, 0.3) is 0 Å². The highest BCUT2D eigenvalue weighted by Crippen LogP contribution is 2.40. The normalized spacial score (nSPS) is 10.2. The Morgan fingerprint density at radius 1 is 0.557 bits per heavy atom. The quantitative estimate of drug-likeness (QED) is 0.119. The van der Waals surface area contributed by atoms with E-state index in [1.165, 1.54) is 81.1 Å². The van der Waals surface area contributed by atoms with E-state index in [0.717, 1.165) is 0 Å². The summed E-state index contributed by atoms with van der Waals surface area (Å²) in [6.45, 7) is 0. The van der Waals surface area contributed by atoms with Crippen molar-refractivity contribution in [2.45, 2.75) is 12.8 Å². The van der Waals surface area contributed by atoms with Gasteiger partial charge in [-0.25, -0.2) is 9.59 Å². The number of amides is 2. The first-order valence-electron chi connectivity index (χ1n) is 17.9. The van der Waals surface area contributed by atoms with Gasteiger partial charge in [0, 0.05) is 58.4 Å². The minimum atomic E-state index is -0.993. The first kappa shape index (κ1) is 45.8. The molecule has 6 rings (SSSR count). The summed E-state index contributed by atoms with van der Waals surface area (Å²) < 4.78 is 51.4. The third-order valence-corrected chi connectivity index (χ3v) is 8.67. The van der Waals surface area contributed by atoms with E-state index in [4.69, 9.17) is 57.6 Å². The van der Waals surface area contributed by atoms with Crippen LogP contribution in [0.5, 0.6) is 46.0 Å². The fourth-order valence-corrected chi connectivity index (χ4v) is 5.88. The molecule has 0 aliphatic heterocycles. The Kier molecular flexibility index (Phi) is 15.9. The van der Waals surface area contributed by atoms with Gasteiger partial charge in [-0.05, 0) is 47.5 Å². The molecule has 0 aliphatic carbocycles. The van der Waals surface area contributed by atoms with E-state index in [1.54, 1.807) is 48.5 Å². The average Bonchev–Trinajstić information content (AvgIpc) is 3.24. The SMILES string of the molecule is COc1cc(C(N)=O)cc(OC)c1OC.COc1ccc2c(CC(=O)Nc3cc(OC)c(OC)c(OC)c3)cc(=O)oc2c1.COc1ccc2c(CC(=O)O)cc(=O)oc2c1. The van der Waals surface area contributed by atoms with Crippen molar-refractivity contribution >= 4 is 45.4 Å². The molecule has 0 spiro atoms. The molecule has 0 fully saturated rings. The average molecular weight is 845 g/mol. The van der Waals surface area contributed by atoms with Gasteiger partial charge in [0.05, 0.1) is 69.7 Å². The largest absolute Gasteiger partial charge is 0.497 e. The molecule has 0 atom stereocenters. The highest BCUT2D eigenvalue weighted by atomic mass is 16.5. The van der Waals surface area contributed by atoms with E-state index >= 15 is 0 Å². The van der Waals surface area contributed by atoms with Gasteiger partial charge in [0.15, 0.2) is 23.0 Å². The molecule has 0 unspecified atom stereocenters. The Morgan fingerprint density at radius 3 is 1.33 bits per heavy atom. The fourth-order valence-electron chi connectivity index (χ4n) is 5.88. The number of hydrogen-bond donors (Lipinski definition) is 3. The molecular formula is C43H44N2O16. The lowest BCUT2D eigenvalue weighted by Gasteiger charge is -2.14. The maximum Gasteiger partial charge on any atom is 0.336 e. The van der Waals surface area contributed by atoms with Gasteiger partial charge in [0.1, 0.15) is 22.7 Å². The standard InChI is InChI=1S/C21H21NO7.C12H10O5.C10H13NO4/c1-25-14-5-6-15-12(8-20(24)29-16(15)11-14)7-19(23)22-13-9-17(26-2)21(28-4)18(10-13)27-3;1-16-8-2-3-9-7(4-11(13)14)5-12(15)17-10(9)6-8;1-13-7-4-6(10(11)12)5-8(14-2)9(7)15-3/h5-6,8-11H,7H2,1-4H3,(H,22,23);2-3,5-6H,4H2,1H3,(H,13,14);4-5H,1-3H3,(H2,11,12). The topological polar surface area (TPSA) is 244 Å². The number of hydrogen-bond acceptors (Lipinski definition) is 15. The first-order chi connectivity index (χ1) is 29.2. The molecule has 61 heavy (non-hydrogen) atoms. The van der Waals surface area contributed by atoms with Crippen molar-refractivity contribution in [2.75, 3.05) is 62.2 Å². The van der Waals surface area contributed by atoms with Gasteiger partial charge >= 0.3 is 17.2 Å². The summed E-state index contributed by atoms with van der Waals surface area (Å²) in [6, 6.07) is 18.8. The van der Waals surface area contributed by atoms with E-state index in [0.29, 0.717) is 90.3 Å². The van der Waals surface area contributed by atoms with Gasteiger partial charge in [0.2, 0.25) is 23.3 Å². The van der Waals surface area contributed by atoms with Crippen LogP contribution in [-0.4, -0.2) is 79.8 Å². The summed E-state index contributed by atoms with van der Waals surface area (Å²) in [7, 11) is 11.9. The van der Waals surface area contributed by atoms with Crippen LogP contribution in [0.25, 0.3) is 21.9 Å². The monoisotopic (exact) mass is 844 g/mol. The maximum atomic E-state index is 12.6. The molecule has 2 aromatic heterocycles. The van der Waals surface area contributed by atoms with Gasteiger partial charge < -0.3 is 62.9 Å².